The number of benzene rings is 2. The summed E-state index contributed by atoms with van der Waals surface area (Å²) in [6, 6.07) is 12.5. The second-order valence-electron chi connectivity index (χ2n) is 9.07. The lowest BCUT2D eigenvalue weighted by Gasteiger charge is -2.37. The van der Waals surface area contributed by atoms with E-state index in [1.54, 1.807) is 19.1 Å². The molecule has 4 rings (SSSR count). The minimum Gasteiger partial charge on any atom is -0.490 e. The fraction of sp³-hybridized carbons (Fsp3) is 0.519. The first kappa shape index (κ1) is 28.5. The Bertz CT molecular complexity index is 1040. The van der Waals surface area contributed by atoms with Gasteiger partial charge in [-0.15, -0.1) is 0 Å². The average molecular weight is 533 g/mol. The van der Waals surface area contributed by atoms with E-state index in [0.29, 0.717) is 31.9 Å². The maximum atomic E-state index is 12.8. The summed E-state index contributed by atoms with van der Waals surface area (Å²) < 4.78 is 11.5. The van der Waals surface area contributed by atoms with Crippen LogP contribution in [0.15, 0.2) is 42.5 Å². The molecule has 0 saturated carbocycles. The number of piperazine rings is 1. The number of nitro benzene ring substituents is 1. The number of carbonyl (C=O) groups excluding carboxylic acids is 1. The van der Waals surface area contributed by atoms with Crippen LogP contribution in [0.3, 0.4) is 0 Å². The highest BCUT2D eigenvalue weighted by Gasteiger charge is 2.26. The second-order valence-corrected chi connectivity index (χ2v) is 9.51. The lowest BCUT2D eigenvalue weighted by molar-refractivity contribution is -0.385. The first-order chi connectivity index (χ1) is 17.4. The number of hydrogen-bond acceptors (Lipinski definition) is 7. The zero-order valence-electron chi connectivity index (χ0n) is 20.6. The van der Waals surface area contributed by atoms with E-state index < -0.39 is 4.92 Å². The zero-order chi connectivity index (χ0) is 25.5. The molecule has 9 nitrogen and oxygen atoms in total. The third-order valence-corrected chi connectivity index (χ3v) is 6.98. The number of hydrogen-bond donors (Lipinski definition) is 0. The standard InChI is InChI=1S/C26H33ClN4O5.CH4/c1-2-35-25-19-23(7-8-24(25)31(33)34)36-22-9-13-30(14-10-22)26(32)11-12-28-15-17-29(18-16-28)21-5-3-20(27)4-6-21;/h3-8,19,22H,2,9-18H2,1H3;1H4. The van der Waals surface area contributed by atoms with Gasteiger partial charge in [0.1, 0.15) is 11.9 Å². The summed E-state index contributed by atoms with van der Waals surface area (Å²) in [6.45, 7) is 7.94. The van der Waals surface area contributed by atoms with Gasteiger partial charge in [-0.2, -0.15) is 0 Å². The largest absolute Gasteiger partial charge is 0.490 e. The predicted octanol–water partition coefficient (Wildman–Crippen LogP) is 4.87. The Morgan fingerprint density at radius 3 is 2.35 bits per heavy atom. The molecule has 0 aliphatic carbocycles. The van der Waals surface area contributed by atoms with Gasteiger partial charge < -0.3 is 19.3 Å². The van der Waals surface area contributed by atoms with Crippen LogP contribution in [-0.2, 0) is 4.79 Å². The van der Waals surface area contributed by atoms with E-state index in [0.717, 1.165) is 50.6 Å². The van der Waals surface area contributed by atoms with Crippen LogP contribution in [-0.4, -0.2) is 79.2 Å². The van der Waals surface area contributed by atoms with Crippen LogP contribution >= 0.6 is 11.6 Å². The fourth-order valence-electron chi connectivity index (χ4n) is 4.70. The first-order valence-corrected chi connectivity index (χ1v) is 12.9. The summed E-state index contributed by atoms with van der Waals surface area (Å²) in [5, 5.41) is 11.9. The van der Waals surface area contributed by atoms with E-state index in [9.17, 15) is 14.9 Å². The van der Waals surface area contributed by atoms with Crippen LogP contribution in [0.5, 0.6) is 11.5 Å². The molecule has 0 bridgehead atoms. The van der Waals surface area contributed by atoms with Gasteiger partial charge in [0, 0.05) is 87.9 Å². The SMILES string of the molecule is C.CCOc1cc(OC2CCN(C(=O)CCN3CCN(c4ccc(Cl)cc4)CC3)CC2)ccc1[N+](=O)[O-]. The molecule has 2 aliphatic rings. The van der Waals surface area contributed by atoms with Crippen molar-refractivity contribution in [2.45, 2.75) is 39.7 Å². The molecule has 0 unspecified atom stereocenters. The molecule has 202 valence electrons. The Balaban J connectivity index is 0.00000380. The number of likely N-dealkylation sites (tertiary alicyclic amines) is 1. The highest BCUT2D eigenvalue weighted by molar-refractivity contribution is 6.30. The molecule has 2 fully saturated rings. The maximum Gasteiger partial charge on any atom is 0.311 e. The first-order valence-electron chi connectivity index (χ1n) is 12.5. The van der Waals surface area contributed by atoms with Crippen molar-refractivity contribution in [1.29, 1.82) is 0 Å². The van der Waals surface area contributed by atoms with Crippen LogP contribution in [0.4, 0.5) is 11.4 Å². The molecular formula is C27H37ClN4O5. The third-order valence-electron chi connectivity index (χ3n) is 6.73. The van der Waals surface area contributed by atoms with Crippen molar-refractivity contribution >= 4 is 28.9 Å². The Labute approximate surface area is 224 Å². The van der Waals surface area contributed by atoms with Crippen LogP contribution in [0.25, 0.3) is 0 Å². The molecule has 2 saturated heterocycles. The maximum absolute atomic E-state index is 12.8. The highest BCUT2D eigenvalue weighted by atomic mass is 35.5. The molecule has 0 N–H and O–H groups in total. The quantitative estimate of drug-likeness (QED) is 0.336. The molecule has 0 spiro atoms. The molecule has 0 radical (unpaired) electrons. The van der Waals surface area contributed by atoms with Crippen molar-refractivity contribution < 1.29 is 19.2 Å². The molecule has 0 atom stereocenters. The second kappa shape index (κ2) is 13.5. The van der Waals surface area contributed by atoms with Gasteiger partial charge >= 0.3 is 5.69 Å². The molecule has 2 aromatic rings. The van der Waals surface area contributed by atoms with E-state index in [1.807, 2.05) is 29.2 Å². The van der Waals surface area contributed by atoms with Gasteiger partial charge in [0.2, 0.25) is 11.7 Å². The molecule has 1 amide bonds. The average Bonchev–Trinajstić information content (AvgIpc) is 2.89. The summed E-state index contributed by atoms with van der Waals surface area (Å²) in [4.78, 5) is 30.1. The summed E-state index contributed by atoms with van der Waals surface area (Å²) in [5.41, 5.74) is 1.11. The molecule has 37 heavy (non-hydrogen) atoms. The number of rotatable bonds is 9. The molecule has 2 aromatic carbocycles. The van der Waals surface area contributed by atoms with Crippen LogP contribution in [0.2, 0.25) is 5.02 Å². The van der Waals surface area contributed by atoms with Gasteiger partial charge in [-0.25, -0.2) is 0 Å². The zero-order valence-corrected chi connectivity index (χ0v) is 21.4. The number of ether oxygens (including phenoxy) is 2. The van der Waals surface area contributed by atoms with Gasteiger partial charge in [0.15, 0.2) is 0 Å². The normalized spacial score (nSPS) is 16.7. The van der Waals surface area contributed by atoms with Gasteiger partial charge in [-0.1, -0.05) is 19.0 Å². The van der Waals surface area contributed by atoms with Gasteiger partial charge in [0.25, 0.3) is 0 Å². The Kier molecular flexibility index (Phi) is 10.4. The van der Waals surface area contributed by atoms with Crippen molar-refractivity contribution in [2.24, 2.45) is 0 Å². The summed E-state index contributed by atoms with van der Waals surface area (Å²) in [6.07, 6.45) is 1.94. The summed E-state index contributed by atoms with van der Waals surface area (Å²) >= 11 is 5.99. The fourth-order valence-corrected chi connectivity index (χ4v) is 4.82. The van der Waals surface area contributed by atoms with Gasteiger partial charge in [0.05, 0.1) is 11.5 Å². The number of nitrogens with zero attached hydrogens (tertiary/aromatic N) is 4. The number of halogens is 1. The molecule has 2 aliphatic heterocycles. The number of amides is 1. The van der Waals surface area contributed by atoms with E-state index in [2.05, 4.69) is 9.80 Å². The topological polar surface area (TPSA) is 88.4 Å². The minimum absolute atomic E-state index is 0. The molecular weight excluding hydrogens is 496 g/mol. The Hall–Kier alpha value is -3.04. The number of piperidine rings is 1. The lowest BCUT2D eigenvalue weighted by Crippen LogP contribution is -2.48. The van der Waals surface area contributed by atoms with E-state index in [-0.39, 0.29) is 30.9 Å². The third kappa shape index (κ3) is 7.72. The highest BCUT2D eigenvalue weighted by Crippen LogP contribution is 2.32. The van der Waals surface area contributed by atoms with Crippen LogP contribution in [0, 0.1) is 10.1 Å². The minimum atomic E-state index is -0.460. The number of carbonyl (C=O) groups is 1. The summed E-state index contributed by atoms with van der Waals surface area (Å²) in [5.74, 6) is 0.940. The number of nitro groups is 1. The van der Waals surface area contributed by atoms with Crippen LogP contribution in [0.1, 0.15) is 33.6 Å². The van der Waals surface area contributed by atoms with Crippen molar-refractivity contribution in [3.05, 3.63) is 57.6 Å². The van der Waals surface area contributed by atoms with E-state index in [1.165, 1.54) is 11.8 Å². The van der Waals surface area contributed by atoms with Crippen molar-refractivity contribution in [1.82, 2.24) is 9.80 Å². The Morgan fingerprint density at radius 2 is 1.73 bits per heavy atom. The van der Waals surface area contributed by atoms with Crippen molar-refractivity contribution in [3.63, 3.8) is 0 Å². The van der Waals surface area contributed by atoms with E-state index >= 15 is 0 Å². The summed E-state index contributed by atoms with van der Waals surface area (Å²) in [7, 11) is 0. The van der Waals surface area contributed by atoms with Crippen molar-refractivity contribution in [2.75, 3.05) is 57.3 Å². The van der Waals surface area contributed by atoms with E-state index in [4.69, 9.17) is 21.1 Å². The van der Waals surface area contributed by atoms with Gasteiger partial charge in [-0.3, -0.25) is 19.8 Å². The molecule has 10 heteroatoms. The van der Waals surface area contributed by atoms with Crippen LogP contribution < -0.4 is 14.4 Å². The molecule has 2 heterocycles. The monoisotopic (exact) mass is 532 g/mol. The van der Waals surface area contributed by atoms with Gasteiger partial charge in [-0.05, 0) is 37.3 Å². The molecule has 0 aromatic heterocycles. The number of anilines is 1. The Morgan fingerprint density at radius 1 is 1.05 bits per heavy atom. The smallest absolute Gasteiger partial charge is 0.311 e. The lowest BCUT2D eigenvalue weighted by atomic mass is 10.1. The van der Waals surface area contributed by atoms with Crippen molar-refractivity contribution in [3.8, 4) is 11.5 Å². The predicted molar refractivity (Wildman–Crippen MR) is 146 cm³/mol.